The van der Waals surface area contributed by atoms with Crippen LogP contribution >= 0.6 is 0 Å². The van der Waals surface area contributed by atoms with Crippen molar-refractivity contribution in [3.8, 4) is 89.7 Å². The molecule has 10 aromatic rings. The molecule has 0 fully saturated rings. The summed E-state index contributed by atoms with van der Waals surface area (Å²) >= 11 is 0. The third kappa shape index (κ3) is 9.34. The van der Waals surface area contributed by atoms with E-state index >= 15 is 0 Å². The van der Waals surface area contributed by atoms with Crippen LogP contribution in [0.1, 0.15) is 89.4 Å². The van der Waals surface area contributed by atoms with Gasteiger partial charge in [0.25, 0.3) is 0 Å². The number of para-hydroxylation sites is 1. The van der Waals surface area contributed by atoms with E-state index in [9.17, 15) is 7.85 Å². The molecule has 0 aliphatic rings. The van der Waals surface area contributed by atoms with Crippen LogP contribution in [0.3, 0.4) is 0 Å². The molecular weight excluding hydrogens is 1030 g/mol. The summed E-state index contributed by atoms with van der Waals surface area (Å²) in [4.78, 5) is 10.4. The molecule has 0 aliphatic heterocycles. The Kier molecular flexibility index (Phi) is 11.8. The van der Waals surface area contributed by atoms with E-state index in [-0.39, 0.29) is 37.8 Å². The summed E-state index contributed by atoms with van der Waals surface area (Å²) in [6.07, 6.45) is 1.82. The van der Waals surface area contributed by atoms with Crippen LogP contribution in [0.15, 0.2) is 188 Å². The summed E-state index contributed by atoms with van der Waals surface area (Å²) in [7, 11) is 0. The number of phenols is 1. The Balaban J connectivity index is 0.00000689. The van der Waals surface area contributed by atoms with Crippen LogP contribution in [-0.2, 0) is 26.5 Å². The van der Waals surface area contributed by atoms with Gasteiger partial charge in [-0.25, -0.2) is 4.98 Å². The number of nitrogens with zero attached hydrogens (tertiary/aromatic N) is 3. The number of aromatic hydroxyl groups is 1. The van der Waals surface area contributed by atoms with Crippen LogP contribution in [0.4, 0.5) is 0 Å². The van der Waals surface area contributed by atoms with Crippen molar-refractivity contribution < 1.29 is 33.0 Å². The zero-order valence-corrected chi connectivity index (χ0v) is 42.8. The minimum Gasteiger partial charge on any atom is -0.507 e. The van der Waals surface area contributed by atoms with Crippen LogP contribution in [0.2, 0.25) is 0 Å². The second-order valence-corrected chi connectivity index (χ2v) is 19.3. The number of benzene rings is 8. The third-order valence-corrected chi connectivity index (χ3v) is 13.1. The van der Waals surface area contributed by atoms with E-state index in [0.717, 1.165) is 66.9 Å². The van der Waals surface area contributed by atoms with Gasteiger partial charge in [0.15, 0.2) is 0 Å². The Bertz CT molecular complexity index is 3700. The number of hydrogen-bond donors (Lipinski definition) is 1. The van der Waals surface area contributed by atoms with Crippen molar-refractivity contribution in [1.82, 2.24) is 14.5 Å². The van der Waals surface area contributed by atoms with Gasteiger partial charge >= 0.3 is 0 Å². The third-order valence-electron chi connectivity index (χ3n) is 13.1. The van der Waals surface area contributed by atoms with E-state index in [1.807, 2.05) is 120 Å². The average molecular weight is 1100 g/mol. The molecule has 0 amide bonds. The summed E-state index contributed by atoms with van der Waals surface area (Å²) in [6, 6.07) is 63.7. The zero-order chi connectivity index (χ0) is 52.3. The van der Waals surface area contributed by atoms with Crippen molar-refractivity contribution in [2.75, 3.05) is 0 Å². The SMILES string of the molecule is [2H]C([2H])([2H])c1cc(-n2c(-c3cc(C([2H])(C)C)cc(C([2H])(C)C)c3O)nc3c(-c4[c-]c(-c5cc(-c6ccccc6)ccn5)cc(-c5ccccc5)c4)cccc32)c(-c2ccccc2)cc1-c1ccc(C(C)(C)C)cc1.[Pt]. The fraction of sp³-hybridized carbons (Fsp3) is 0.169. The molecule has 0 unspecified atom stereocenters. The van der Waals surface area contributed by atoms with Gasteiger partial charge in [-0.2, -0.15) is 0 Å². The standard InChI is InChI=1S/C65H58N3O.Pt/c1-41(2)49-37-55(42(3)4)63(69)58(38-49)64-67-62-54(51-34-50(45-21-14-10-15-22-45)35-52(36-51)59-39-48(31-32-66-59)44-19-12-9-13-20-44)25-18-26-60(62)68(64)61-33-43(5)56(40-57(61)46-23-16-11-17-24-46)47-27-29-53(30-28-47)65(6,7)8;/h9-35,37-42,69H,1-8H3;/q-1;/i5D3,41D,42D;. The normalized spacial score (nSPS) is 13.2. The smallest absolute Gasteiger partial charge is 0.148 e. The van der Waals surface area contributed by atoms with E-state index < -0.39 is 18.6 Å². The number of pyridine rings is 1. The molecule has 10 rings (SSSR count). The first-order valence-electron chi connectivity index (χ1n) is 26.0. The van der Waals surface area contributed by atoms with Crippen molar-refractivity contribution >= 4 is 11.0 Å². The Morgan fingerprint density at radius 2 is 1.20 bits per heavy atom. The van der Waals surface area contributed by atoms with Gasteiger partial charge in [0.1, 0.15) is 11.6 Å². The molecule has 2 heterocycles. The Labute approximate surface area is 435 Å². The van der Waals surface area contributed by atoms with Crippen LogP contribution in [0.5, 0.6) is 5.75 Å². The summed E-state index contributed by atoms with van der Waals surface area (Å²) in [5.74, 6) is -2.24. The topological polar surface area (TPSA) is 50.9 Å². The number of phenolic OH excluding ortho intramolecular Hbond substituents is 1. The Morgan fingerprint density at radius 1 is 0.571 bits per heavy atom. The van der Waals surface area contributed by atoms with Gasteiger partial charge in [0.05, 0.1) is 22.3 Å². The zero-order valence-electron chi connectivity index (χ0n) is 45.5. The number of rotatable bonds is 10. The van der Waals surface area contributed by atoms with Crippen LogP contribution < -0.4 is 0 Å². The quantitative estimate of drug-likeness (QED) is 0.139. The maximum atomic E-state index is 12.6. The Hall–Kier alpha value is -7.13. The van der Waals surface area contributed by atoms with Gasteiger partial charge < -0.3 is 5.11 Å². The molecule has 4 nitrogen and oxygen atoms in total. The van der Waals surface area contributed by atoms with E-state index in [2.05, 4.69) is 81.4 Å². The second kappa shape index (κ2) is 19.7. The summed E-state index contributed by atoms with van der Waals surface area (Å²) in [5.41, 5.74) is 14.1. The summed E-state index contributed by atoms with van der Waals surface area (Å²) < 4.78 is 47.8. The minimum atomic E-state index is -2.56. The number of hydrogen-bond acceptors (Lipinski definition) is 3. The molecule has 0 spiro atoms. The van der Waals surface area contributed by atoms with Gasteiger partial charge in [0, 0.05) is 45.4 Å². The number of aryl methyl sites for hydroxylation is 1. The van der Waals surface area contributed by atoms with E-state index in [1.54, 1.807) is 45.9 Å². The maximum Gasteiger partial charge on any atom is 0.148 e. The molecule has 0 aliphatic carbocycles. The molecule has 2 aromatic heterocycles. The molecule has 350 valence electrons. The van der Waals surface area contributed by atoms with Gasteiger partial charge in [-0.05, 0) is 110 Å². The van der Waals surface area contributed by atoms with Crippen LogP contribution in [0.25, 0.3) is 95.0 Å². The summed E-state index contributed by atoms with van der Waals surface area (Å²) in [6.45, 7) is 10.9. The number of fused-ring (bicyclic) bond motifs is 1. The molecule has 0 saturated heterocycles. The molecule has 5 heteroatoms. The molecule has 0 radical (unpaired) electrons. The fourth-order valence-electron chi connectivity index (χ4n) is 9.26. The predicted octanol–water partition coefficient (Wildman–Crippen LogP) is 17.4. The fourth-order valence-corrected chi connectivity index (χ4v) is 9.26. The Morgan fingerprint density at radius 3 is 1.83 bits per heavy atom. The molecule has 8 aromatic carbocycles. The molecule has 1 N–H and O–H groups in total. The van der Waals surface area contributed by atoms with Gasteiger partial charge in [0.2, 0.25) is 0 Å². The maximum absolute atomic E-state index is 12.6. The van der Waals surface area contributed by atoms with E-state index in [4.69, 9.17) is 14.1 Å². The second-order valence-electron chi connectivity index (χ2n) is 19.3. The minimum absolute atomic E-state index is 0. The van der Waals surface area contributed by atoms with Gasteiger partial charge in [-0.15, -0.1) is 23.8 Å². The molecule has 0 atom stereocenters. The monoisotopic (exact) mass is 1100 g/mol. The first-order valence-corrected chi connectivity index (χ1v) is 23.5. The summed E-state index contributed by atoms with van der Waals surface area (Å²) in [5, 5.41) is 12.6. The first kappa shape index (κ1) is 41.8. The van der Waals surface area contributed by atoms with Gasteiger partial charge in [-0.3, -0.25) is 9.55 Å². The number of imidazole rings is 1. The molecule has 0 bridgehead atoms. The van der Waals surface area contributed by atoms with Gasteiger partial charge in [-0.1, -0.05) is 205 Å². The molecule has 70 heavy (non-hydrogen) atoms. The van der Waals surface area contributed by atoms with Crippen molar-refractivity contribution in [1.29, 1.82) is 0 Å². The van der Waals surface area contributed by atoms with E-state index in [0.29, 0.717) is 44.8 Å². The largest absolute Gasteiger partial charge is 0.507 e. The average Bonchev–Trinajstić information content (AvgIpc) is 3.79. The van der Waals surface area contributed by atoms with Crippen molar-refractivity contribution in [3.05, 3.63) is 217 Å². The number of aromatic nitrogens is 3. The first-order chi connectivity index (χ1) is 35.1. The van der Waals surface area contributed by atoms with E-state index in [1.165, 1.54) is 0 Å². The van der Waals surface area contributed by atoms with Crippen LogP contribution in [-0.4, -0.2) is 19.6 Å². The molecular formula is C65H58N3OPt-. The van der Waals surface area contributed by atoms with Crippen molar-refractivity contribution in [3.63, 3.8) is 0 Å². The van der Waals surface area contributed by atoms with Crippen molar-refractivity contribution in [2.24, 2.45) is 0 Å². The molecule has 0 saturated carbocycles. The predicted molar refractivity (Wildman–Crippen MR) is 289 cm³/mol. The van der Waals surface area contributed by atoms with Crippen LogP contribution in [0, 0.1) is 12.9 Å². The van der Waals surface area contributed by atoms with Crippen molar-refractivity contribution in [2.45, 2.75) is 72.5 Å².